The minimum Gasteiger partial charge on any atom is -0.508 e. The molecule has 0 spiro atoms. The Morgan fingerprint density at radius 2 is 1.47 bits per heavy atom. The van der Waals surface area contributed by atoms with Gasteiger partial charge in [-0.1, -0.05) is 42.5 Å². The molecule has 0 atom stereocenters. The molecule has 0 unspecified atom stereocenters. The lowest BCUT2D eigenvalue weighted by atomic mass is 9.88. The molecule has 0 saturated carbocycles. The van der Waals surface area contributed by atoms with E-state index in [-0.39, 0.29) is 24.9 Å². The molecule has 0 bridgehead atoms. The molecule has 0 aliphatic heterocycles. The van der Waals surface area contributed by atoms with E-state index in [1.54, 1.807) is 36.4 Å². The average Bonchev–Trinajstić information content (AvgIpc) is 3.06. The third kappa shape index (κ3) is 10.4. The molecule has 4 aromatic rings. The molecule has 246 valence electrons. The summed E-state index contributed by atoms with van der Waals surface area (Å²) in [6.07, 6.45) is 4.18. The molecular formula is C39H42O8. The third-order valence-electron chi connectivity index (χ3n) is 7.55. The van der Waals surface area contributed by atoms with Gasteiger partial charge in [-0.15, -0.1) is 0 Å². The van der Waals surface area contributed by atoms with Crippen LogP contribution in [0.4, 0.5) is 0 Å². The van der Waals surface area contributed by atoms with Gasteiger partial charge in [0.2, 0.25) is 0 Å². The van der Waals surface area contributed by atoms with Gasteiger partial charge in [-0.2, -0.15) is 0 Å². The Morgan fingerprint density at radius 1 is 0.766 bits per heavy atom. The number of esters is 2. The number of phenolic OH excluding ortho intramolecular Hbond substituents is 1. The van der Waals surface area contributed by atoms with Gasteiger partial charge >= 0.3 is 11.9 Å². The SMILES string of the molecule is COc1cc(C=CC(=O)OCCOc2ccc(-c3ccc(O)cc3)cc2)ccc1OC(=O)C(C)(C)CCCOc1cc(C)ccc1C. The molecule has 0 saturated heterocycles. The van der Waals surface area contributed by atoms with E-state index in [0.29, 0.717) is 42.3 Å². The van der Waals surface area contributed by atoms with E-state index in [0.717, 1.165) is 28.0 Å². The van der Waals surface area contributed by atoms with Crippen molar-refractivity contribution in [3.63, 3.8) is 0 Å². The van der Waals surface area contributed by atoms with Crippen molar-refractivity contribution in [2.45, 2.75) is 40.5 Å². The second-order valence-corrected chi connectivity index (χ2v) is 11.8. The van der Waals surface area contributed by atoms with Crippen molar-refractivity contribution in [1.82, 2.24) is 0 Å². The predicted molar refractivity (Wildman–Crippen MR) is 182 cm³/mol. The molecule has 0 fully saturated rings. The smallest absolute Gasteiger partial charge is 0.330 e. The molecule has 0 aliphatic rings. The van der Waals surface area contributed by atoms with E-state index in [1.807, 2.05) is 76.2 Å². The fraction of sp³-hybridized carbons (Fsp3) is 0.282. The maximum Gasteiger partial charge on any atom is 0.330 e. The fourth-order valence-corrected chi connectivity index (χ4v) is 4.68. The molecule has 0 radical (unpaired) electrons. The summed E-state index contributed by atoms with van der Waals surface area (Å²) in [5.41, 5.74) is 4.12. The number of ether oxygens (including phenoxy) is 5. The summed E-state index contributed by atoms with van der Waals surface area (Å²) >= 11 is 0. The van der Waals surface area contributed by atoms with Gasteiger partial charge in [-0.05, 0) is 117 Å². The number of phenols is 1. The quantitative estimate of drug-likeness (QED) is 0.0603. The van der Waals surface area contributed by atoms with Gasteiger partial charge in [0.1, 0.15) is 30.5 Å². The zero-order valence-electron chi connectivity index (χ0n) is 27.6. The van der Waals surface area contributed by atoms with Crippen molar-refractivity contribution in [3.05, 3.63) is 108 Å². The van der Waals surface area contributed by atoms with Gasteiger partial charge in [-0.25, -0.2) is 4.79 Å². The van der Waals surface area contributed by atoms with Crippen LogP contribution in [-0.2, 0) is 14.3 Å². The van der Waals surface area contributed by atoms with Gasteiger partial charge in [0, 0.05) is 6.08 Å². The number of rotatable bonds is 15. The van der Waals surface area contributed by atoms with Crippen LogP contribution in [0.25, 0.3) is 17.2 Å². The third-order valence-corrected chi connectivity index (χ3v) is 7.55. The topological polar surface area (TPSA) is 101 Å². The van der Waals surface area contributed by atoms with Gasteiger partial charge in [-0.3, -0.25) is 4.79 Å². The van der Waals surface area contributed by atoms with Crippen molar-refractivity contribution in [2.24, 2.45) is 5.41 Å². The van der Waals surface area contributed by atoms with Crippen molar-refractivity contribution in [3.8, 4) is 39.9 Å². The Labute approximate surface area is 276 Å². The Hall–Kier alpha value is -5.24. The van der Waals surface area contributed by atoms with Crippen LogP contribution >= 0.6 is 0 Å². The second-order valence-electron chi connectivity index (χ2n) is 11.8. The molecule has 8 heteroatoms. The number of benzene rings is 4. The van der Waals surface area contributed by atoms with Crippen LogP contribution in [0.3, 0.4) is 0 Å². The highest BCUT2D eigenvalue weighted by Crippen LogP contribution is 2.33. The van der Waals surface area contributed by atoms with Crippen molar-refractivity contribution < 1.29 is 38.4 Å². The van der Waals surface area contributed by atoms with Crippen LogP contribution < -0.4 is 18.9 Å². The van der Waals surface area contributed by atoms with Gasteiger partial charge in [0.15, 0.2) is 11.5 Å². The summed E-state index contributed by atoms with van der Waals surface area (Å²) in [5, 5.41) is 9.45. The number of hydrogen-bond donors (Lipinski definition) is 1. The Balaban J connectivity index is 1.20. The number of carbonyl (C=O) groups excluding carboxylic acids is 2. The maximum absolute atomic E-state index is 13.1. The summed E-state index contributed by atoms with van der Waals surface area (Å²) in [6.45, 7) is 8.51. The first-order valence-electron chi connectivity index (χ1n) is 15.5. The highest BCUT2D eigenvalue weighted by atomic mass is 16.6. The molecule has 0 heterocycles. The molecule has 47 heavy (non-hydrogen) atoms. The lowest BCUT2D eigenvalue weighted by molar-refractivity contribution is -0.144. The zero-order chi connectivity index (χ0) is 33.8. The van der Waals surface area contributed by atoms with E-state index in [1.165, 1.54) is 13.2 Å². The highest BCUT2D eigenvalue weighted by Gasteiger charge is 2.30. The Morgan fingerprint density at radius 3 is 2.17 bits per heavy atom. The van der Waals surface area contributed by atoms with Crippen molar-refractivity contribution >= 4 is 18.0 Å². The van der Waals surface area contributed by atoms with E-state index in [9.17, 15) is 14.7 Å². The summed E-state index contributed by atoms with van der Waals surface area (Å²) < 4.78 is 28.1. The van der Waals surface area contributed by atoms with Crippen molar-refractivity contribution in [1.29, 1.82) is 0 Å². The summed E-state index contributed by atoms with van der Waals surface area (Å²) in [4.78, 5) is 25.3. The van der Waals surface area contributed by atoms with E-state index in [2.05, 4.69) is 6.07 Å². The lowest BCUT2D eigenvalue weighted by Gasteiger charge is -2.23. The number of carbonyl (C=O) groups is 2. The first-order chi connectivity index (χ1) is 22.5. The lowest BCUT2D eigenvalue weighted by Crippen LogP contribution is -2.29. The van der Waals surface area contributed by atoms with Crippen LogP contribution in [0.5, 0.6) is 28.7 Å². The average molecular weight is 639 g/mol. The van der Waals surface area contributed by atoms with Crippen molar-refractivity contribution in [2.75, 3.05) is 26.9 Å². The van der Waals surface area contributed by atoms with E-state index >= 15 is 0 Å². The van der Waals surface area contributed by atoms with Gasteiger partial charge < -0.3 is 28.8 Å². The first-order valence-corrected chi connectivity index (χ1v) is 15.5. The fourth-order valence-electron chi connectivity index (χ4n) is 4.68. The van der Waals surface area contributed by atoms with Crippen LogP contribution in [0.1, 0.15) is 43.4 Å². The molecule has 4 aromatic carbocycles. The first kappa shape index (κ1) is 34.6. The summed E-state index contributed by atoms with van der Waals surface area (Å²) in [5.74, 6) is 1.50. The standard InChI is InChI=1S/C39H42O8/c1-27-7-8-28(2)35(25-27)45-22-6-21-39(3,4)38(42)47-34-19-9-29(26-36(34)43-5)10-20-37(41)46-24-23-44-33-17-13-31(14-18-33)30-11-15-32(40)16-12-30/h7-20,25-26,40H,6,21-24H2,1-5H3. The molecule has 1 N–H and O–H groups in total. The summed E-state index contributed by atoms with van der Waals surface area (Å²) in [6, 6.07) is 25.6. The number of hydrogen-bond acceptors (Lipinski definition) is 8. The minimum atomic E-state index is -0.737. The highest BCUT2D eigenvalue weighted by molar-refractivity contribution is 5.87. The number of aryl methyl sites for hydroxylation is 2. The molecule has 0 aromatic heterocycles. The number of methoxy groups -OCH3 is 1. The molecule has 0 aliphatic carbocycles. The van der Waals surface area contributed by atoms with E-state index in [4.69, 9.17) is 23.7 Å². The maximum atomic E-state index is 13.1. The normalized spacial score (nSPS) is 11.3. The van der Waals surface area contributed by atoms with Crippen LogP contribution in [0.15, 0.2) is 91.0 Å². The van der Waals surface area contributed by atoms with E-state index < -0.39 is 11.4 Å². The Bertz CT molecular complexity index is 1670. The monoisotopic (exact) mass is 638 g/mol. The molecule has 8 nitrogen and oxygen atoms in total. The van der Waals surface area contributed by atoms with Crippen LogP contribution in [0.2, 0.25) is 0 Å². The Kier molecular flexibility index (Phi) is 12.1. The second kappa shape index (κ2) is 16.4. The van der Waals surface area contributed by atoms with Crippen LogP contribution in [-0.4, -0.2) is 44.0 Å². The predicted octanol–water partition coefficient (Wildman–Crippen LogP) is 8.11. The van der Waals surface area contributed by atoms with Gasteiger partial charge in [0.05, 0.1) is 19.1 Å². The number of aromatic hydroxyl groups is 1. The largest absolute Gasteiger partial charge is 0.508 e. The van der Waals surface area contributed by atoms with Gasteiger partial charge in [0.25, 0.3) is 0 Å². The zero-order valence-corrected chi connectivity index (χ0v) is 27.6. The molecule has 4 rings (SSSR count). The summed E-state index contributed by atoms with van der Waals surface area (Å²) in [7, 11) is 1.49. The molecule has 0 amide bonds. The van der Waals surface area contributed by atoms with Crippen LogP contribution in [0, 0.1) is 19.3 Å². The minimum absolute atomic E-state index is 0.0780. The molecular weight excluding hydrogens is 596 g/mol.